The Labute approximate surface area is 152 Å². The molecular weight excluding hydrogens is 329 g/mol. The molecule has 0 aliphatic carbocycles. The first-order valence-corrected chi connectivity index (χ1v) is 8.68. The highest BCUT2D eigenvalue weighted by Gasteiger charge is 2.20. The summed E-state index contributed by atoms with van der Waals surface area (Å²) in [5.74, 6) is -0.219. The van der Waals surface area contributed by atoms with Gasteiger partial charge in [0.25, 0.3) is 5.91 Å². The van der Waals surface area contributed by atoms with Crippen LogP contribution in [0.15, 0.2) is 60.7 Å². The number of hydrogen-bond acceptors (Lipinski definition) is 2. The molecule has 0 saturated carbocycles. The van der Waals surface area contributed by atoms with E-state index in [0.717, 1.165) is 5.56 Å². The maximum Gasteiger partial charge on any atom is 0.270 e. The molecular formula is C21H22FN3O. The fourth-order valence-electron chi connectivity index (χ4n) is 2.52. The topological polar surface area (TPSA) is 46.9 Å². The zero-order chi connectivity index (χ0) is 18.7. The largest absolute Gasteiger partial charge is 0.348 e. The Balaban J connectivity index is 2.04. The van der Waals surface area contributed by atoms with Crippen LogP contribution < -0.4 is 5.32 Å². The van der Waals surface area contributed by atoms with Crippen LogP contribution in [0.2, 0.25) is 0 Å². The molecule has 1 amide bonds. The normalized spacial score (nSPS) is 12.2. The van der Waals surface area contributed by atoms with Crippen LogP contribution in [0.25, 0.3) is 16.9 Å². The van der Waals surface area contributed by atoms with Gasteiger partial charge in [-0.1, -0.05) is 44.2 Å². The second kappa shape index (κ2) is 7.52. The van der Waals surface area contributed by atoms with E-state index < -0.39 is 0 Å². The quantitative estimate of drug-likeness (QED) is 0.738. The van der Waals surface area contributed by atoms with E-state index in [2.05, 4.69) is 24.3 Å². The average molecular weight is 351 g/mol. The molecule has 4 nitrogen and oxygen atoms in total. The van der Waals surface area contributed by atoms with Crippen molar-refractivity contribution in [3.63, 3.8) is 0 Å². The van der Waals surface area contributed by atoms with E-state index in [-0.39, 0.29) is 17.8 Å². The van der Waals surface area contributed by atoms with Crippen molar-refractivity contribution >= 4 is 5.91 Å². The highest BCUT2D eigenvalue weighted by Crippen LogP contribution is 2.22. The summed E-state index contributed by atoms with van der Waals surface area (Å²) in [5.41, 5.74) is 2.66. The van der Waals surface area contributed by atoms with Gasteiger partial charge < -0.3 is 5.32 Å². The molecule has 1 unspecified atom stereocenters. The van der Waals surface area contributed by atoms with Gasteiger partial charge in [-0.15, -0.1) is 0 Å². The average Bonchev–Trinajstić information content (AvgIpc) is 3.08. The maximum atomic E-state index is 13.3. The molecule has 1 heterocycles. The van der Waals surface area contributed by atoms with Gasteiger partial charge in [0.15, 0.2) is 0 Å². The van der Waals surface area contributed by atoms with Crippen molar-refractivity contribution in [1.82, 2.24) is 15.1 Å². The van der Waals surface area contributed by atoms with Crippen molar-refractivity contribution in [3.8, 4) is 16.9 Å². The minimum absolute atomic E-state index is 0.0271. The Morgan fingerprint density at radius 2 is 1.69 bits per heavy atom. The Bertz CT molecular complexity index is 885. The van der Waals surface area contributed by atoms with Crippen LogP contribution in [0.4, 0.5) is 4.39 Å². The van der Waals surface area contributed by atoms with Crippen LogP contribution in [0.5, 0.6) is 0 Å². The summed E-state index contributed by atoms with van der Waals surface area (Å²) in [6, 6.07) is 17.4. The van der Waals surface area contributed by atoms with E-state index in [9.17, 15) is 9.18 Å². The Hall–Kier alpha value is -2.95. The van der Waals surface area contributed by atoms with Gasteiger partial charge in [0, 0.05) is 11.6 Å². The van der Waals surface area contributed by atoms with Gasteiger partial charge >= 0.3 is 0 Å². The summed E-state index contributed by atoms with van der Waals surface area (Å²) >= 11 is 0. The van der Waals surface area contributed by atoms with Crippen LogP contribution in [0, 0.1) is 11.7 Å². The van der Waals surface area contributed by atoms with Crippen molar-refractivity contribution in [3.05, 3.63) is 72.2 Å². The number of amides is 1. The number of nitrogens with one attached hydrogen (secondary N) is 1. The van der Waals surface area contributed by atoms with E-state index in [1.807, 2.05) is 37.3 Å². The predicted molar refractivity (Wildman–Crippen MR) is 101 cm³/mol. The molecule has 0 aliphatic heterocycles. The highest BCUT2D eigenvalue weighted by molar-refractivity contribution is 5.94. The zero-order valence-electron chi connectivity index (χ0n) is 15.1. The van der Waals surface area contributed by atoms with E-state index in [1.54, 1.807) is 22.9 Å². The molecule has 0 fully saturated rings. The van der Waals surface area contributed by atoms with Gasteiger partial charge in [-0.3, -0.25) is 4.79 Å². The molecule has 134 valence electrons. The van der Waals surface area contributed by atoms with Gasteiger partial charge in [0.2, 0.25) is 0 Å². The first kappa shape index (κ1) is 17.9. The number of nitrogens with zero attached hydrogens (tertiary/aromatic N) is 2. The van der Waals surface area contributed by atoms with Crippen LogP contribution in [-0.2, 0) is 0 Å². The second-order valence-corrected chi connectivity index (χ2v) is 6.68. The molecule has 26 heavy (non-hydrogen) atoms. The lowest BCUT2D eigenvalue weighted by atomic mass is 10.1. The standard InChI is InChI=1S/C21H22FN3O/c1-14(2)15(3)23-21(26)20-13-19(16-7-5-4-6-8-16)24-25(20)18-11-9-17(22)10-12-18/h4-15H,1-3H3,(H,23,26). The van der Waals surface area contributed by atoms with E-state index in [0.29, 0.717) is 23.0 Å². The SMILES string of the molecule is CC(C)C(C)NC(=O)c1cc(-c2ccccc2)nn1-c1ccc(F)cc1. The maximum absolute atomic E-state index is 13.3. The monoisotopic (exact) mass is 351 g/mol. The third-order valence-electron chi connectivity index (χ3n) is 4.44. The van der Waals surface area contributed by atoms with Gasteiger partial charge in [0.1, 0.15) is 11.5 Å². The number of carbonyl (C=O) groups excluding carboxylic acids is 1. The van der Waals surface area contributed by atoms with Crippen molar-refractivity contribution < 1.29 is 9.18 Å². The van der Waals surface area contributed by atoms with Crippen molar-refractivity contribution in [2.75, 3.05) is 0 Å². The molecule has 3 rings (SSSR count). The van der Waals surface area contributed by atoms with Crippen molar-refractivity contribution in [2.45, 2.75) is 26.8 Å². The van der Waals surface area contributed by atoms with Gasteiger partial charge in [-0.25, -0.2) is 9.07 Å². The number of rotatable bonds is 5. The molecule has 1 atom stereocenters. The molecule has 3 aromatic rings. The van der Waals surface area contributed by atoms with Crippen molar-refractivity contribution in [2.24, 2.45) is 5.92 Å². The third-order valence-corrected chi connectivity index (χ3v) is 4.44. The fraction of sp³-hybridized carbons (Fsp3) is 0.238. The molecule has 0 radical (unpaired) electrons. The van der Waals surface area contributed by atoms with E-state index in [4.69, 9.17) is 0 Å². The molecule has 0 aliphatic rings. The summed E-state index contributed by atoms with van der Waals surface area (Å²) < 4.78 is 14.8. The minimum atomic E-state index is -0.330. The van der Waals surface area contributed by atoms with Crippen LogP contribution in [-0.4, -0.2) is 21.7 Å². The van der Waals surface area contributed by atoms with E-state index in [1.165, 1.54) is 12.1 Å². The second-order valence-electron chi connectivity index (χ2n) is 6.68. The summed E-state index contributed by atoms with van der Waals surface area (Å²) in [5, 5.41) is 7.60. The van der Waals surface area contributed by atoms with Gasteiger partial charge in [-0.2, -0.15) is 5.10 Å². The van der Waals surface area contributed by atoms with Crippen LogP contribution in [0.1, 0.15) is 31.3 Å². The molecule has 0 bridgehead atoms. The molecule has 1 aromatic heterocycles. The number of carbonyl (C=O) groups is 1. The zero-order valence-corrected chi connectivity index (χ0v) is 15.1. The Morgan fingerprint density at radius 1 is 1.04 bits per heavy atom. The molecule has 0 spiro atoms. The molecule has 1 N–H and O–H groups in total. The Kier molecular flexibility index (Phi) is 5.16. The predicted octanol–water partition coefficient (Wildman–Crippen LogP) is 4.45. The lowest BCUT2D eigenvalue weighted by Gasteiger charge is -2.17. The smallest absolute Gasteiger partial charge is 0.270 e. The highest BCUT2D eigenvalue weighted by atomic mass is 19.1. The lowest BCUT2D eigenvalue weighted by molar-refractivity contribution is 0.0922. The van der Waals surface area contributed by atoms with Crippen LogP contribution >= 0.6 is 0 Å². The van der Waals surface area contributed by atoms with Gasteiger partial charge in [0.05, 0.1) is 11.4 Å². The van der Waals surface area contributed by atoms with Crippen LogP contribution in [0.3, 0.4) is 0 Å². The number of benzene rings is 2. The fourth-order valence-corrected chi connectivity index (χ4v) is 2.52. The number of halogens is 1. The summed E-state index contributed by atoms with van der Waals surface area (Å²) in [4.78, 5) is 12.8. The first-order valence-electron chi connectivity index (χ1n) is 8.68. The van der Waals surface area contributed by atoms with E-state index >= 15 is 0 Å². The molecule has 0 saturated heterocycles. The minimum Gasteiger partial charge on any atom is -0.348 e. The summed E-state index contributed by atoms with van der Waals surface area (Å²) in [7, 11) is 0. The Morgan fingerprint density at radius 3 is 2.31 bits per heavy atom. The molecule has 5 heteroatoms. The van der Waals surface area contributed by atoms with Gasteiger partial charge in [-0.05, 0) is 43.2 Å². The first-order chi connectivity index (χ1) is 12.5. The number of hydrogen-bond donors (Lipinski definition) is 1. The number of aromatic nitrogens is 2. The van der Waals surface area contributed by atoms with Crippen molar-refractivity contribution in [1.29, 1.82) is 0 Å². The lowest BCUT2D eigenvalue weighted by Crippen LogP contribution is -2.37. The molecule has 2 aromatic carbocycles. The summed E-state index contributed by atoms with van der Waals surface area (Å²) in [6.45, 7) is 6.08. The summed E-state index contributed by atoms with van der Waals surface area (Å²) in [6.07, 6.45) is 0. The third kappa shape index (κ3) is 3.82.